The van der Waals surface area contributed by atoms with E-state index in [-0.39, 0.29) is 11.4 Å². The van der Waals surface area contributed by atoms with Crippen LogP contribution in [0.2, 0.25) is 5.02 Å². The summed E-state index contributed by atoms with van der Waals surface area (Å²) in [6.45, 7) is 0.808. The standard InChI is InChI=1S/C20H16ClF4N3O3/c1-2-19(11-3-6-13(22)7-4-11)17(30)28(18(31)27-19)10-16(29)26-15-8-5-12(21)9-14(15)20(23,24)25/h3-9H,2,10H2,1H3,(H,26,29)(H,27,31). The number of imide groups is 1. The van der Waals surface area contributed by atoms with E-state index in [1.165, 1.54) is 12.1 Å². The molecular weight excluding hydrogens is 442 g/mol. The summed E-state index contributed by atoms with van der Waals surface area (Å²) in [5, 5.41) is 4.39. The fourth-order valence-electron chi connectivity index (χ4n) is 3.34. The molecule has 4 amide bonds. The van der Waals surface area contributed by atoms with Gasteiger partial charge in [0.1, 0.15) is 17.9 Å². The number of hydrogen-bond acceptors (Lipinski definition) is 3. The quantitative estimate of drug-likeness (QED) is 0.519. The highest BCUT2D eigenvalue weighted by atomic mass is 35.5. The topological polar surface area (TPSA) is 78.5 Å². The third-order valence-corrected chi connectivity index (χ3v) is 5.14. The second-order valence-corrected chi connectivity index (χ2v) is 7.26. The number of nitrogens with zero attached hydrogens (tertiary/aromatic N) is 1. The van der Waals surface area contributed by atoms with Gasteiger partial charge in [0.05, 0.1) is 11.3 Å². The Hall–Kier alpha value is -3.14. The molecule has 0 spiro atoms. The summed E-state index contributed by atoms with van der Waals surface area (Å²) in [5.74, 6) is -2.32. The van der Waals surface area contributed by atoms with E-state index >= 15 is 0 Å². The number of halogens is 5. The zero-order chi connectivity index (χ0) is 23.0. The summed E-state index contributed by atoms with van der Waals surface area (Å²) in [4.78, 5) is 38.4. The van der Waals surface area contributed by atoms with Gasteiger partial charge >= 0.3 is 12.2 Å². The van der Waals surface area contributed by atoms with Crippen molar-refractivity contribution in [3.63, 3.8) is 0 Å². The molecule has 0 saturated carbocycles. The molecule has 1 aliphatic rings. The molecule has 1 saturated heterocycles. The predicted octanol–water partition coefficient (Wildman–Crippen LogP) is 4.29. The average Bonchev–Trinajstić information content (AvgIpc) is 2.94. The molecule has 0 radical (unpaired) electrons. The predicted molar refractivity (Wildman–Crippen MR) is 104 cm³/mol. The Morgan fingerprint density at radius 1 is 1.16 bits per heavy atom. The molecule has 2 aromatic rings. The van der Waals surface area contributed by atoms with Crippen molar-refractivity contribution in [3.05, 3.63) is 64.4 Å². The molecule has 0 aromatic heterocycles. The van der Waals surface area contributed by atoms with E-state index in [1.807, 2.05) is 0 Å². The van der Waals surface area contributed by atoms with Crippen LogP contribution in [0.15, 0.2) is 42.5 Å². The minimum absolute atomic E-state index is 0.108. The molecule has 11 heteroatoms. The van der Waals surface area contributed by atoms with E-state index in [0.717, 1.165) is 24.3 Å². The highest BCUT2D eigenvalue weighted by Crippen LogP contribution is 2.37. The molecule has 3 rings (SSSR count). The molecule has 1 fully saturated rings. The third kappa shape index (κ3) is 4.34. The van der Waals surface area contributed by atoms with Crippen LogP contribution >= 0.6 is 11.6 Å². The number of benzene rings is 2. The van der Waals surface area contributed by atoms with E-state index in [9.17, 15) is 31.9 Å². The van der Waals surface area contributed by atoms with Gasteiger partial charge in [-0.1, -0.05) is 30.7 Å². The normalized spacial score (nSPS) is 18.8. The Morgan fingerprint density at radius 2 is 1.81 bits per heavy atom. The maximum absolute atomic E-state index is 13.2. The molecule has 31 heavy (non-hydrogen) atoms. The number of carbonyl (C=O) groups excluding carboxylic acids is 3. The van der Waals surface area contributed by atoms with Crippen molar-refractivity contribution in [2.45, 2.75) is 25.1 Å². The minimum atomic E-state index is -4.78. The fraction of sp³-hybridized carbons (Fsp3) is 0.250. The summed E-state index contributed by atoms with van der Waals surface area (Å²) in [5.41, 5.74) is -2.92. The summed E-state index contributed by atoms with van der Waals surface area (Å²) in [7, 11) is 0. The maximum atomic E-state index is 13.2. The van der Waals surface area contributed by atoms with Gasteiger partial charge in [-0.25, -0.2) is 9.18 Å². The summed E-state index contributed by atoms with van der Waals surface area (Å²) >= 11 is 5.61. The van der Waals surface area contributed by atoms with E-state index in [4.69, 9.17) is 11.6 Å². The second-order valence-electron chi connectivity index (χ2n) is 6.82. The van der Waals surface area contributed by atoms with E-state index in [2.05, 4.69) is 10.6 Å². The zero-order valence-electron chi connectivity index (χ0n) is 16.0. The summed E-state index contributed by atoms with van der Waals surface area (Å²) in [6.07, 6.45) is -4.68. The zero-order valence-corrected chi connectivity index (χ0v) is 16.8. The van der Waals surface area contributed by atoms with Gasteiger partial charge in [0.15, 0.2) is 0 Å². The number of anilines is 1. The van der Waals surface area contributed by atoms with Crippen LogP contribution in [-0.2, 0) is 21.3 Å². The molecule has 1 atom stereocenters. The third-order valence-electron chi connectivity index (χ3n) is 4.91. The molecule has 2 N–H and O–H groups in total. The number of hydrogen-bond donors (Lipinski definition) is 2. The van der Waals surface area contributed by atoms with Crippen LogP contribution in [0.5, 0.6) is 0 Å². The lowest BCUT2D eigenvalue weighted by Crippen LogP contribution is -2.44. The summed E-state index contributed by atoms with van der Waals surface area (Å²) in [6, 6.07) is 6.83. The number of rotatable bonds is 5. The highest BCUT2D eigenvalue weighted by Gasteiger charge is 2.51. The average molecular weight is 458 g/mol. The van der Waals surface area contributed by atoms with Crippen LogP contribution in [0.25, 0.3) is 0 Å². The first-order valence-corrected chi connectivity index (χ1v) is 9.42. The molecule has 1 heterocycles. The van der Waals surface area contributed by atoms with Crippen molar-refractivity contribution in [2.24, 2.45) is 0 Å². The first-order chi connectivity index (χ1) is 14.5. The highest BCUT2D eigenvalue weighted by molar-refractivity contribution is 6.30. The van der Waals surface area contributed by atoms with Crippen LogP contribution < -0.4 is 10.6 Å². The largest absolute Gasteiger partial charge is 0.418 e. The van der Waals surface area contributed by atoms with E-state index in [1.54, 1.807) is 6.92 Å². The van der Waals surface area contributed by atoms with Crippen molar-refractivity contribution in [2.75, 3.05) is 11.9 Å². The molecule has 6 nitrogen and oxygen atoms in total. The Labute approximate surface area is 179 Å². The van der Waals surface area contributed by atoms with E-state index < -0.39 is 53.2 Å². The first-order valence-electron chi connectivity index (χ1n) is 9.04. The van der Waals surface area contributed by atoms with Crippen LogP contribution in [-0.4, -0.2) is 29.3 Å². The van der Waals surface area contributed by atoms with Gasteiger partial charge in [-0.05, 0) is 42.3 Å². The molecule has 1 aliphatic heterocycles. The van der Waals surface area contributed by atoms with Gasteiger partial charge in [-0.2, -0.15) is 13.2 Å². The van der Waals surface area contributed by atoms with Crippen LogP contribution in [0.4, 0.5) is 28.0 Å². The molecule has 164 valence electrons. The van der Waals surface area contributed by atoms with Crippen molar-refractivity contribution >= 4 is 35.1 Å². The lowest BCUT2D eigenvalue weighted by Gasteiger charge is -2.25. The first kappa shape index (κ1) is 22.5. The molecule has 1 unspecified atom stereocenters. The Bertz CT molecular complexity index is 1040. The van der Waals surface area contributed by atoms with Gasteiger partial charge in [0, 0.05) is 5.02 Å². The van der Waals surface area contributed by atoms with Crippen molar-refractivity contribution in [1.82, 2.24) is 10.2 Å². The second kappa shape index (κ2) is 8.18. The number of carbonyl (C=O) groups is 3. The van der Waals surface area contributed by atoms with E-state index in [0.29, 0.717) is 16.5 Å². The molecule has 0 aliphatic carbocycles. The number of alkyl halides is 3. The SMILES string of the molecule is CCC1(c2ccc(F)cc2)NC(=O)N(CC(=O)Nc2ccc(Cl)cc2C(F)(F)F)C1=O. The van der Waals surface area contributed by atoms with Crippen LogP contribution in [0, 0.1) is 5.82 Å². The number of amides is 4. The Morgan fingerprint density at radius 3 is 2.39 bits per heavy atom. The molecule has 2 aromatic carbocycles. The van der Waals surface area contributed by atoms with Crippen molar-refractivity contribution in [1.29, 1.82) is 0 Å². The van der Waals surface area contributed by atoms with Crippen molar-refractivity contribution in [3.8, 4) is 0 Å². The van der Waals surface area contributed by atoms with Gasteiger partial charge in [-0.15, -0.1) is 0 Å². The van der Waals surface area contributed by atoms with Gasteiger partial charge in [0.2, 0.25) is 5.91 Å². The van der Waals surface area contributed by atoms with Crippen LogP contribution in [0.3, 0.4) is 0 Å². The van der Waals surface area contributed by atoms with Gasteiger partial charge < -0.3 is 10.6 Å². The monoisotopic (exact) mass is 457 g/mol. The van der Waals surface area contributed by atoms with Crippen molar-refractivity contribution < 1.29 is 31.9 Å². The van der Waals surface area contributed by atoms with Gasteiger partial charge in [-0.3, -0.25) is 14.5 Å². The van der Waals surface area contributed by atoms with Crippen LogP contribution in [0.1, 0.15) is 24.5 Å². The Balaban J connectivity index is 1.82. The molecular formula is C20H16ClF4N3O3. The fourth-order valence-corrected chi connectivity index (χ4v) is 3.51. The molecule has 0 bridgehead atoms. The number of nitrogens with one attached hydrogen (secondary N) is 2. The maximum Gasteiger partial charge on any atom is 0.418 e. The summed E-state index contributed by atoms with van der Waals surface area (Å²) < 4.78 is 52.9. The number of urea groups is 1. The lowest BCUT2D eigenvalue weighted by atomic mass is 9.87. The lowest BCUT2D eigenvalue weighted by molar-refractivity contribution is -0.137. The minimum Gasteiger partial charge on any atom is -0.324 e. The van der Waals surface area contributed by atoms with Gasteiger partial charge in [0.25, 0.3) is 5.91 Å². The Kier molecular flexibility index (Phi) is 5.95. The smallest absolute Gasteiger partial charge is 0.324 e.